The second-order valence-electron chi connectivity index (χ2n) is 5.39. The quantitative estimate of drug-likeness (QED) is 0.556. The van der Waals surface area contributed by atoms with Crippen LogP contribution in [0.2, 0.25) is 0 Å². The smallest absolute Gasteiger partial charge is 0.0686 e. The van der Waals surface area contributed by atoms with Crippen molar-refractivity contribution in [3.05, 3.63) is 0 Å². The minimum atomic E-state index is -0.00292. The summed E-state index contributed by atoms with van der Waals surface area (Å²) in [6, 6.07) is 2.50. The van der Waals surface area contributed by atoms with Crippen LogP contribution in [-0.4, -0.2) is 0 Å². The first-order valence-electron chi connectivity index (χ1n) is 5.56. The van der Waals surface area contributed by atoms with E-state index in [9.17, 15) is 0 Å². The van der Waals surface area contributed by atoms with E-state index in [1.807, 2.05) is 0 Å². The van der Waals surface area contributed by atoms with Gasteiger partial charge in [0.05, 0.1) is 11.5 Å². The highest BCUT2D eigenvalue weighted by molar-refractivity contribution is 5.01. The average Bonchev–Trinajstić information content (AvgIpc) is 2.23. The van der Waals surface area contributed by atoms with Crippen molar-refractivity contribution in [2.75, 3.05) is 0 Å². The van der Waals surface area contributed by atoms with Gasteiger partial charge in [-0.05, 0) is 56.8 Å². The Morgan fingerprint density at radius 3 is 2.62 bits per heavy atom. The van der Waals surface area contributed by atoms with Crippen LogP contribution in [0.3, 0.4) is 0 Å². The minimum Gasteiger partial charge on any atom is -0.198 e. The highest BCUT2D eigenvalue weighted by atomic mass is 14.5. The second kappa shape index (κ2) is 3.01. The molecule has 0 N–H and O–H groups in total. The lowest BCUT2D eigenvalue weighted by molar-refractivity contribution is 0.0786. The van der Waals surface area contributed by atoms with Gasteiger partial charge in [0.25, 0.3) is 0 Å². The zero-order valence-electron chi connectivity index (χ0n) is 8.71. The molecule has 0 bridgehead atoms. The summed E-state index contributed by atoms with van der Waals surface area (Å²) in [6.07, 6.45) is 6.30. The molecule has 72 valence electrons. The molecule has 0 aromatic carbocycles. The third-order valence-electron chi connectivity index (χ3n) is 4.38. The van der Waals surface area contributed by atoms with Gasteiger partial charge < -0.3 is 0 Å². The summed E-state index contributed by atoms with van der Waals surface area (Å²) in [4.78, 5) is 0. The fourth-order valence-corrected chi connectivity index (χ4v) is 3.17. The Labute approximate surface area is 81.1 Å². The van der Waals surface area contributed by atoms with Crippen molar-refractivity contribution >= 4 is 0 Å². The van der Waals surface area contributed by atoms with E-state index in [0.29, 0.717) is 0 Å². The Kier molecular flexibility index (Phi) is 2.10. The van der Waals surface area contributed by atoms with Crippen molar-refractivity contribution in [2.45, 2.75) is 46.0 Å². The predicted octanol–water partition coefficient (Wildman–Crippen LogP) is 3.36. The van der Waals surface area contributed by atoms with Gasteiger partial charge in [0.15, 0.2) is 0 Å². The van der Waals surface area contributed by atoms with Crippen LogP contribution >= 0.6 is 0 Å². The van der Waals surface area contributed by atoms with Crippen LogP contribution in [0.15, 0.2) is 0 Å². The number of hydrogen-bond acceptors (Lipinski definition) is 1. The molecule has 0 aliphatic heterocycles. The van der Waals surface area contributed by atoms with Gasteiger partial charge in [-0.2, -0.15) is 5.26 Å². The van der Waals surface area contributed by atoms with Crippen molar-refractivity contribution in [3.63, 3.8) is 0 Å². The first-order chi connectivity index (χ1) is 6.14. The van der Waals surface area contributed by atoms with Gasteiger partial charge in [0, 0.05) is 0 Å². The highest BCUT2D eigenvalue weighted by Gasteiger charge is 2.42. The van der Waals surface area contributed by atoms with Crippen LogP contribution in [-0.2, 0) is 0 Å². The topological polar surface area (TPSA) is 23.8 Å². The molecule has 0 saturated heterocycles. The molecular weight excluding hydrogens is 158 g/mol. The van der Waals surface area contributed by atoms with Gasteiger partial charge in [-0.15, -0.1) is 0 Å². The molecule has 2 saturated carbocycles. The largest absolute Gasteiger partial charge is 0.198 e. The van der Waals surface area contributed by atoms with Crippen LogP contribution in [0.1, 0.15) is 46.0 Å². The summed E-state index contributed by atoms with van der Waals surface area (Å²) in [6.45, 7) is 4.51. The summed E-state index contributed by atoms with van der Waals surface area (Å²) in [5, 5.41) is 9.08. The number of fused-ring (bicyclic) bond motifs is 1. The molecule has 0 heterocycles. The lowest BCUT2D eigenvalue weighted by Gasteiger charge is -2.42. The fourth-order valence-electron chi connectivity index (χ4n) is 3.17. The lowest BCUT2D eigenvalue weighted by atomic mass is 9.63. The molecule has 3 unspecified atom stereocenters. The first-order valence-corrected chi connectivity index (χ1v) is 5.56. The van der Waals surface area contributed by atoms with Gasteiger partial charge in [0.1, 0.15) is 0 Å². The molecule has 0 spiro atoms. The molecule has 1 nitrogen and oxygen atoms in total. The normalized spacial score (nSPS) is 49.8. The number of nitrogens with zero attached hydrogens (tertiary/aromatic N) is 1. The minimum absolute atomic E-state index is 0.00292. The maximum Gasteiger partial charge on any atom is 0.0686 e. The van der Waals surface area contributed by atoms with Crippen molar-refractivity contribution < 1.29 is 0 Å². The zero-order chi connectivity index (χ0) is 9.47. The predicted molar refractivity (Wildman–Crippen MR) is 52.9 cm³/mol. The van der Waals surface area contributed by atoms with E-state index >= 15 is 0 Å². The molecule has 13 heavy (non-hydrogen) atoms. The van der Waals surface area contributed by atoms with Gasteiger partial charge in [-0.1, -0.05) is 6.92 Å². The molecule has 2 aliphatic rings. The van der Waals surface area contributed by atoms with E-state index in [4.69, 9.17) is 5.26 Å². The van der Waals surface area contributed by atoms with Crippen molar-refractivity contribution in [2.24, 2.45) is 23.2 Å². The van der Waals surface area contributed by atoms with Crippen LogP contribution < -0.4 is 0 Å². The number of rotatable bonds is 0. The van der Waals surface area contributed by atoms with Gasteiger partial charge >= 0.3 is 0 Å². The zero-order valence-corrected chi connectivity index (χ0v) is 8.71. The van der Waals surface area contributed by atoms with E-state index < -0.39 is 0 Å². The van der Waals surface area contributed by atoms with Crippen LogP contribution in [0.25, 0.3) is 0 Å². The van der Waals surface area contributed by atoms with Crippen LogP contribution in [0, 0.1) is 34.5 Å². The molecule has 0 amide bonds. The van der Waals surface area contributed by atoms with Gasteiger partial charge in [0.2, 0.25) is 0 Å². The standard InChI is InChI=1S/C12H19N/c1-9-7-10-3-5-12(2,8-13)6-4-11(9)10/h9-11H,3-7H2,1-2H3/t9?,10?,11-,12?/m0/s1. The highest BCUT2D eigenvalue weighted by Crippen LogP contribution is 2.51. The lowest BCUT2D eigenvalue weighted by Crippen LogP contribution is -2.33. The maximum atomic E-state index is 9.08. The van der Waals surface area contributed by atoms with E-state index in [-0.39, 0.29) is 5.41 Å². The SMILES string of the molecule is CC1CC2CCC(C)(C#N)CC[C@@H]12. The van der Waals surface area contributed by atoms with Crippen LogP contribution in [0.4, 0.5) is 0 Å². The number of nitriles is 1. The Morgan fingerprint density at radius 1 is 1.31 bits per heavy atom. The molecule has 2 rings (SSSR count). The molecule has 0 radical (unpaired) electrons. The Balaban J connectivity index is 2.03. The molecule has 0 aromatic heterocycles. The van der Waals surface area contributed by atoms with Gasteiger partial charge in [-0.3, -0.25) is 0 Å². The summed E-state index contributed by atoms with van der Waals surface area (Å²) in [5.41, 5.74) is -0.00292. The molecular formula is C12H19N. The number of hydrogen-bond donors (Lipinski definition) is 0. The molecule has 2 fully saturated rings. The molecule has 2 aliphatic carbocycles. The average molecular weight is 177 g/mol. The molecule has 0 aromatic rings. The maximum absolute atomic E-state index is 9.08. The third kappa shape index (κ3) is 1.47. The summed E-state index contributed by atoms with van der Waals surface area (Å²) in [5.74, 6) is 2.85. The van der Waals surface area contributed by atoms with E-state index in [1.165, 1.54) is 19.3 Å². The van der Waals surface area contributed by atoms with Crippen molar-refractivity contribution in [1.29, 1.82) is 5.26 Å². The Bertz CT molecular complexity index is 240. The van der Waals surface area contributed by atoms with Crippen LogP contribution in [0.5, 0.6) is 0 Å². The fraction of sp³-hybridized carbons (Fsp3) is 0.917. The first kappa shape index (κ1) is 9.06. The van der Waals surface area contributed by atoms with E-state index in [2.05, 4.69) is 19.9 Å². The third-order valence-corrected chi connectivity index (χ3v) is 4.38. The van der Waals surface area contributed by atoms with Crippen molar-refractivity contribution in [1.82, 2.24) is 0 Å². The van der Waals surface area contributed by atoms with Gasteiger partial charge in [-0.25, -0.2) is 0 Å². The van der Waals surface area contributed by atoms with Crippen molar-refractivity contribution in [3.8, 4) is 6.07 Å². The van der Waals surface area contributed by atoms with E-state index in [0.717, 1.165) is 30.6 Å². The summed E-state index contributed by atoms with van der Waals surface area (Å²) < 4.78 is 0. The monoisotopic (exact) mass is 177 g/mol. The van der Waals surface area contributed by atoms with E-state index in [1.54, 1.807) is 0 Å². The summed E-state index contributed by atoms with van der Waals surface area (Å²) >= 11 is 0. The Hall–Kier alpha value is -0.510. The second-order valence-corrected chi connectivity index (χ2v) is 5.39. The Morgan fingerprint density at radius 2 is 2.00 bits per heavy atom. The summed E-state index contributed by atoms with van der Waals surface area (Å²) in [7, 11) is 0. The molecule has 4 atom stereocenters. The molecule has 1 heteroatoms.